The summed E-state index contributed by atoms with van der Waals surface area (Å²) >= 11 is 1.62. The molecule has 0 radical (unpaired) electrons. The third-order valence-corrected chi connectivity index (χ3v) is 5.47. The lowest BCUT2D eigenvalue weighted by Crippen LogP contribution is -2.42. The van der Waals surface area contributed by atoms with Gasteiger partial charge in [-0.05, 0) is 19.1 Å². The number of ether oxygens (including phenoxy) is 2. The minimum absolute atomic E-state index is 0.184. The molecule has 1 saturated heterocycles. The zero-order valence-corrected chi connectivity index (χ0v) is 17.6. The van der Waals surface area contributed by atoms with Crippen molar-refractivity contribution < 1.29 is 19.1 Å². The predicted molar refractivity (Wildman–Crippen MR) is 116 cm³/mol. The van der Waals surface area contributed by atoms with Crippen LogP contribution in [0.5, 0.6) is 0 Å². The van der Waals surface area contributed by atoms with Crippen LogP contribution >= 0.6 is 11.3 Å². The minimum atomic E-state index is -1.26. The van der Waals surface area contributed by atoms with Crippen LogP contribution in [-0.4, -0.2) is 22.7 Å². The summed E-state index contributed by atoms with van der Waals surface area (Å²) in [5, 5.41) is 3.87. The Labute approximate surface area is 178 Å². The number of nitrogens with zero attached hydrogens (tertiary/aromatic N) is 1. The zero-order chi connectivity index (χ0) is 21.3. The Kier molecular flexibility index (Phi) is 5.13. The van der Waals surface area contributed by atoms with Crippen molar-refractivity contribution >= 4 is 29.0 Å². The lowest BCUT2D eigenvalue weighted by molar-refractivity contribution is -0.222. The van der Waals surface area contributed by atoms with Crippen molar-refractivity contribution in [3.63, 3.8) is 0 Å². The van der Waals surface area contributed by atoms with Gasteiger partial charge >= 0.3 is 11.9 Å². The fraction of sp³-hybridized carbons (Fsp3) is 0.174. The van der Waals surface area contributed by atoms with E-state index in [0.29, 0.717) is 5.69 Å². The molecular formula is C23H20N2O4S. The Morgan fingerprint density at radius 1 is 0.967 bits per heavy atom. The second-order valence-corrected chi connectivity index (χ2v) is 8.46. The number of anilines is 1. The maximum absolute atomic E-state index is 12.1. The molecule has 3 aromatic rings. The van der Waals surface area contributed by atoms with Crippen LogP contribution in [0.3, 0.4) is 0 Å². The van der Waals surface area contributed by atoms with Gasteiger partial charge in [-0.25, -0.2) is 14.6 Å². The van der Waals surface area contributed by atoms with Gasteiger partial charge in [0.05, 0.1) is 5.69 Å². The predicted octanol–water partition coefficient (Wildman–Crippen LogP) is 4.92. The van der Waals surface area contributed by atoms with Crippen LogP contribution in [0.4, 0.5) is 5.69 Å². The highest BCUT2D eigenvalue weighted by Crippen LogP contribution is 2.34. The maximum atomic E-state index is 12.1. The topological polar surface area (TPSA) is 77.5 Å². The number of benzene rings is 2. The summed E-state index contributed by atoms with van der Waals surface area (Å²) in [4.78, 5) is 30.1. The average Bonchev–Trinajstić information content (AvgIpc) is 3.09. The maximum Gasteiger partial charge on any atom is 0.350 e. The quantitative estimate of drug-likeness (QED) is 0.367. The van der Waals surface area contributed by atoms with Crippen LogP contribution in [0, 0.1) is 6.92 Å². The largest absolute Gasteiger partial charge is 0.419 e. The van der Waals surface area contributed by atoms with Gasteiger partial charge in [0.1, 0.15) is 5.01 Å². The molecule has 1 aliphatic heterocycles. The number of carbonyl (C=O) groups excluding carboxylic acids is 2. The van der Waals surface area contributed by atoms with E-state index in [4.69, 9.17) is 14.5 Å². The number of hydrogen-bond acceptors (Lipinski definition) is 7. The van der Waals surface area contributed by atoms with Crippen LogP contribution in [0.1, 0.15) is 18.7 Å². The van der Waals surface area contributed by atoms with Crippen molar-refractivity contribution in [3.8, 4) is 21.8 Å². The first-order chi connectivity index (χ1) is 14.3. The molecule has 0 atom stereocenters. The first-order valence-corrected chi connectivity index (χ1v) is 10.2. The number of rotatable bonds is 4. The van der Waals surface area contributed by atoms with E-state index in [-0.39, 0.29) is 5.57 Å². The number of esters is 2. The van der Waals surface area contributed by atoms with E-state index in [2.05, 4.69) is 12.2 Å². The Bertz CT molecular complexity index is 1130. The molecule has 0 amide bonds. The molecule has 1 N–H and O–H groups in total. The van der Waals surface area contributed by atoms with Gasteiger partial charge in [0.25, 0.3) is 5.79 Å². The van der Waals surface area contributed by atoms with E-state index in [1.165, 1.54) is 20.0 Å². The van der Waals surface area contributed by atoms with Gasteiger partial charge in [-0.3, -0.25) is 0 Å². The molecule has 1 aliphatic rings. The molecule has 0 aliphatic carbocycles. The molecule has 0 bridgehead atoms. The fourth-order valence-electron chi connectivity index (χ4n) is 3.06. The number of carbonyl (C=O) groups is 2. The van der Waals surface area contributed by atoms with Crippen molar-refractivity contribution in [2.75, 3.05) is 5.32 Å². The molecule has 152 valence electrons. The minimum Gasteiger partial charge on any atom is -0.419 e. The van der Waals surface area contributed by atoms with Crippen LogP contribution in [0.15, 0.2) is 66.4 Å². The Hall–Kier alpha value is -3.45. The molecule has 2 heterocycles. The Morgan fingerprint density at radius 2 is 1.63 bits per heavy atom. The van der Waals surface area contributed by atoms with Gasteiger partial charge in [0.15, 0.2) is 5.57 Å². The zero-order valence-electron chi connectivity index (χ0n) is 16.8. The van der Waals surface area contributed by atoms with E-state index in [0.717, 1.165) is 26.7 Å². The number of hydrogen-bond donors (Lipinski definition) is 1. The van der Waals surface area contributed by atoms with Crippen molar-refractivity contribution in [1.29, 1.82) is 0 Å². The number of thiazole rings is 1. The van der Waals surface area contributed by atoms with Crippen molar-refractivity contribution in [2.24, 2.45) is 0 Å². The van der Waals surface area contributed by atoms with Gasteiger partial charge in [-0.2, -0.15) is 0 Å². The van der Waals surface area contributed by atoms with Crippen LogP contribution in [0.25, 0.3) is 21.8 Å². The van der Waals surface area contributed by atoms with E-state index in [1.54, 1.807) is 11.3 Å². The summed E-state index contributed by atoms with van der Waals surface area (Å²) in [6, 6.07) is 17.7. The van der Waals surface area contributed by atoms with E-state index >= 15 is 0 Å². The van der Waals surface area contributed by atoms with Gasteiger partial charge in [0.2, 0.25) is 0 Å². The highest BCUT2D eigenvalue weighted by atomic mass is 32.1. The lowest BCUT2D eigenvalue weighted by Gasteiger charge is -2.29. The third-order valence-electron chi connectivity index (χ3n) is 4.45. The molecule has 6 nitrogen and oxygen atoms in total. The van der Waals surface area contributed by atoms with Gasteiger partial charge in [-0.1, -0.05) is 42.5 Å². The molecule has 1 aromatic heterocycles. The van der Waals surface area contributed by atoms with Crippen LogP contribution in [0.2, 0.25) is 0 Å². The summed E-state index contributed by atoms with van der Waals surface area (Å²) in [6.45, 7) is 5.07. The summed E-state index contributed by atoms with van der Waals surface area (Å²) in [5.41, 5.74) is 3.50. The first kappa shape index (κ1) is 19.8. The summed E-state index contributed by atoms with van der Waals surface area (Å²) < 4.78 is 10.2. The second-order valence-electron chi connectivity index (χ2n) is 7.25. The molecular weight excluding hydrogens is 400 g/mol. The lowest BCUT2D eigenvalue weighted by atomic mass is 10.1. The molecule has 2 aromatic carbocycles. The molecule has 7 heteroatoms. The Balaban J connectivity index is 1.57. The van der Waals surface area contributed by atoms with Crippen molar-refractivity contribution in [2.45, 2.75) is 26.6 Å². The van der Waals surface area contributed by atoms with Gasteiger partial charge in [-0.15, -0.1) is 11.3 Å². The molecule has 1 fully saturated rings. The number of cyclic esters (lactones) is 2. The average molecular weight is 420 g/mol. The monoisotopic (exact) mass is 420 g/mol. The molecule has 4 rings (SSSR count). The molecule has 0 unspecified atom stereocenters. The number of nitrogens with one attached hydrogen (secondary N) is 1. The van der Waals surface area contributed by atoms with Crippen molar-refractivity contribution in [1.82, 2.24) is 4.98 Å². The second kappa shape index (κ2) is 7.76. The summed E-state index contributed by atoms with van der Waals surface area (Å²) in [6.07, 6.45) is 1.31. The summed E-state index contributed by atoms with van der Waals surface area (Å²) in [5.74, 6) is -2.70. The fourth-order valence-corrected chi connectivity index (χ4v) is 3.99. The first-order valence-electron chi connectivity index (χ1n) is 9.39. The van der Waals surface area contributed by atoms with E-state index in [1.807, 2.05) is 54.6 Å². The van der Waals surface area contributed by atoms with E-state index < -0.39 is 17.7 Å². The number of aryl methyl sites for hydroxylation is 1. The normalized spacial score (nSPS) is 15.4. The van der Waals surface area contributed by atoms with Crippen LogP contribution < -0.4 is 5.32 Å². The van der Waals surface area contributed by atoms with Crippen molar-refractivity contribution in [3.05, 3.63) is 71.2 Å². The number of aromatic nitrogens is 1. The highest BCUT2D eigenvalue weighted by molar-refractivity contribution is 7.15. The molecule has 30 heavy (non-hydrogen) atoms. The molecule has 0 saturated carbocycles. The smallest absolute Gasteiger partial charge is 0.350 e. The van der Waals surface area contributed by atoms with Gasteiger partial charge in [0, 0.05) is 41.7 Å². The summed E-state index contributed by atoms with van der Waals surface area (Å²) in [7, 11) is 0. The third kappa shape index (κ3) is 4.11. The molecule has 0 spiro atoms. The SMILES string of the molecule is Cc1sc(-c2cccc(NC=C3C(=O)OC(C)(C)OC3=O)c2)nc1-c1ccccc1. The van der Waals surface area contributed by atoms with E-state index in [9.17, 15) is 9.59 Å². The Morgan fingerprint density at radius 3 is 2.33 bits per heavy atom. The van der Waals surface area contributed by atoms with Gasteiger partial charge < -0.3 is 14.8 Å². The van der Waals surface area contributed by atoms with Crippen LogP contribution in [-0.2, 0) is 19.1 Å². The highest BCUT2D eigenvalue weighted by Gasteiger charge is 2.38. The standard InChI is InChI=1S/C23H20N2O4S/c1-14-19(15-8-5-4-6-9-15)25-20(30-14)16-10-7-11-17(12-16)24-13-18-21(26)28-23(2,3)29-22(18)27/h4-13,24H,1-3H3.